The van der Waals surface area contributed by atoms with Crippen LogP contribution in [0.4, 0.5) is 0 Å². The number of fused-ring (bicyclic) bond motifs is 2. The van der Waals surface area contributed by atoms with Gasteiger partial charge in [0.2, 0.25) is 5.91 Å². The number of aromatic amines is 1. The summed E-state index contributed by atoms with van der Waals surface area (Å²) in [5.41, 5.74) is 4.25. The van der Waals surface area contributed by atoms with Crippen molar-refractivity contribution < 1.29 is 4.79 Å². The highest BCUT2D eigenvalue weighted by Gasteiger charge is 2.15. The van der Waals surface area contributed by atoms with Crippen molar-refractivity contribution in [2.75, 3.05) is 19.6 Å². The van der Waals surface area contributed by atoms with Crippen molar-refractivity contribution in [3.63, 3.8) is 0 Å². The molecule has 0 aliphatic carbocycles. The molecule has 0 fully saturated rings. The second kappa shape index (κ2) is 9.05. The van der Waals surface area contributed by atoms with Crippen LogP contribution >= 0.6 is 0 Å². The number of pyridine rings is 1. The van der Waals surface area contributed by atoms with Crippen LogP contribution < -0.4 is 10.9 Å². The minimum atomic E-state index is -0.109. The smallest absolute Gasteiger partial charge is 0.251 e. The van der Waals surface area contributed by atoms with Gasteiger partial charge in [0.05, 0.1) is 0 Å². The maximum absolute atomic E-state index is 12.2. The van der Waals surface area contributed by atoms with E-state index < -0.39 is 0 Å². The van der Waals surface area contributed by atoms with Gasteiger partial charge in [-0.15, -0.1) is 0 Å². The van der Waals surface area contributed by atoms with Crippen molar-refractivity contribution in [1.29, 1.82) is 0 Å². The molecular formula is C24H27N3O2. The number of rotatable bonds is 7. The zero-order chi connectivity index (χ0) is 20.1. The summed E-state index contributed by atoms with van der Waals surface area (Å²) in [5.74, 6) is 0.00143. The summed E-state index contributed by atoms with van der Waals surface area (Å²) in [6.45, 7) is 3.73. The molecule has 1 amide bonds. The summed E-state index contributed by atoms with van der Waals surface area (Å²) in [7, 11) is 0. The van der Waals surface area contributed by atoms with Crippen molar-refractivity contribution in [3.05, 3.63) is 81.6 Å². The van der Waals surface area contributed by atoms with E-state index in [-0.39, 0.29) is 11.5 Å². The monoisotopic (exact) mass is 389 g/mol. The molecule has 2 heterocycles. The fourth-order valence-electron chi connectivity index (χ4n) is 3.99. The summed E-state index contributed by atoms with van der Waals surface area (Å²) in [4.78, 5) is 29.7. The van der Waals surface area contributed by atoms with Gasteiger partial charge in [0, 0.05) is 43.7 Å². The van der Waals surface area contributed by atoms with Gasteiger partial charge >= 0.3 is 0 Å². The number of hydrogen-bond acceptors (Lipinski definition) is 3. The Morgan fingerprint density at radius 1 is 1.07 bits per heavy atom. The zero-order valence-corrected chi connectivity index (χ0v) is 16.6. The molecule has 29 heavy (non-hydrogen) atoms. The van der Waals surface area contributed by atoms with E-state index in [9.17, 15) is 9.59 Å². The molecule has 2 N–H and O–H groups in total. The van der Waals surface area contributed by atoms with Crippen molar-refractivity contribution >= 4 is 16.8 Å². The number of nitrogens with zero attached hydrogens (tertiary/aromatic N) is 1. The molecule has 0 spiro atoms. The molecule has 150 valence electrons. The van der Waals surface area contributed by atoms with Gasteiger partial charge in [0.25, 0.3) is 5.56 Å². The van der Waals surface area contributed by atoms with Gasteiger partial charge < -0.3 is 10.3 Å². The third-order valence-corrected chi connectivity index (χ3v) is 5.63. The summed E-state index contributed by atoms with van der Waals surface area (Å²) < 4.78 is 0. The lowest BCUT2D eigenvalue weighted by molar-refractivity contribution is -0.121. The highest BCUT2D eigenvalue weighted by Crippen LogP contribution is 2.18. The Morgan fingerprint density at radius 3 is 2.76 bits per heavy atom. The van der Waals surface area contributed by atoms with E-state index in [1.54, 1.807) is 0 Å². The normalized spacial score (nSPS) is 13.9. The molecule has 0 atom stereocenters. The van der Waals surface area contributed by atoms with Crippen molar-refractivity contribution in [2.45, 2.75) is 32.2 Å². The first-order chi connectivity index (χ1) is 14.2. The Hall–Kier alpha value is -2.92. The second-order valence-electron chi connectivity index (χ2n) is 7.71. The molecular weight excluding hydrogens is 362 g/mol. The maximum atomic E-state index is 12.2. The lowest BCUT2D eigenvalue weighted by Gasteiger charge is -2.28. The third-order valence-electron chi connectivity index (χ3n) is 5.63. The summed E-state index contributed by atoms with van der Waals surface area (Å²) in [6, 6.07) is 18.2. The van der Waals surface area contributed by atoms with Crippen LogP contribution in [0.15, 0.2) is 59.4 Å². The maximum Gasteiger partial charge on any atom is 0.251 e. The number of H-pyrrole nitrogens is 1. The number of benzene rings is 2. The molecule has 3 aromatic rings. The van der Waals surface area contributed by atoms with Crippen LogP contribution in [0.5, 0.6) is 0 Å². The topological polar surface area (TPSA) is 65.2 Å². The van der Waals surface area contributed by atoms with Crippen LogP contribution in [0.3, 0.4) is 0 Å². The number of aryl methyl sites for hydroxylation is 1. The second-order valence-corrected chi connectivity index (χ2v) is 7.71. The number of nitrogens with one attached hydrogen (secondary N) is 2. The number of carbonyl (C=O) groups is 1. The van der Waals surface area contributed by atoms with Gasteiger partial charge in [-0.3, -0.25) is 14.5 Å². The predicted octanol–water partition coefficient (Wildman–Crippen LogP) is 3.03. The van der Waals surface area contributed by atoms with E-state index in [0.717, 1.165) is 43.4 Å². The Bertz CT molecular complexity index is 1060. The zero-order valence-electron chi connectivity index (χ0n) is 16.6. The van der Waals surface area contributed by atoms with Crippen molar-refractivity contribution in [2.24, 2.45) is 0 Å². The van der Waals surface area contributed by atoms with Crippen LogP contribution in [0.2, 0.25) is 0 Å². The predicted molar refractivity (Wildman–Crippen MR) is 116 cm³/mol. The molecule has 0 bridgehead atoms. The van der Waals surface area contributed by atoms with Crippen LogP contribution in [0.25, 0.3) is 10.9 Å². The Labute approximate surface area is 170 Å². The lowest BCUT2D eigenvalue weighted by atomic mass is 10.00. The number of carbonyl (C=O) groups excluding carboxylic acids is 1. The van der Waals surface area contributed by atoms with E-state index in [0.29, 0.717) is 24.9 Å². The molecule has 2 aromatic carbocycles. The van der Waals surface area contributed by atoms with Gasteiger partial charge in [-0.1, -0.05) is 42.5 Å². The first-order valence-electron chi connectivity index (χ1n) is 10.4. The highest BCUT2D eigenvalue weighted by atomic mass is 16.1. The number of para-hydroxylation sites is 1. The highest BCUT2D eigenvalue weighted by molar-refractivity contribution is 5.79. The van der Waals surface area contributed by atoms with E-state index in [1.165, 1.54) is 11.1 Å². The molecule has 5 heteroatoms. The largest absolute Gasteiger partial charge is 0.356 e. The molecule has 4 rings (SSSR count). The SMILES string of the molecule is O=C(CCc1cc2ccccc2[nH]c1=O)NCCCN1CCc2ccccc2C1. The summed E-state index contributed by atoms with van der Waals surface area (Å²) in [6.07, 6.45) is 2.82. The van der Waals surface area contributed by atoms with Gasteiger partial charge in [0.1, 0.15) is 0 Å². The number of aromatic nitrogens is 1. The van der Waals surface area contributed by atoms with Crippen LogP contribution in [0.1, 0.15) is 29.5 Å². The molecule has 0 saturated heterocycles. The quantitative estimate of drug-likeness (QED) is 0.611. The molecule has 0 unspecified atom stereocenters. The Kier molecular flexibility index (Phi) is 6.06. The molecule has 1 aliphatic heterocycles. The van der Waals surface area contributed by atoms with Gasteiger partial charge in [-0.2, -0.15) is 0 Å². The van der Waals surface area contributed by atoms with E-state index in [1.807, 2.05) is 30.3 Å². The van der Waals surface area contributed by atoms with E-state index in [4.69, 9.17) is 0 Å². The van der Waals surface area contributed by atoms with E-state index in [2.05, 4.69) is 39.5 Å². The standard InChI is InChI=1S/C24H27N3O2/c28-23(11-10-20-16-19-7-3-4-9-22(19)26-24(20)29)25-13-5-14-27-15-12-18-6-1-2-8-21(18)17-27/h1-4,6-9,16H,5,10-15,17H2,(H,25,28)(H,26,29). The van der Waals surface area contributed by atoms with E-state index >= 15 is 0 Å². The molecule has 5 nitrogen and oxygen atoms in total. The first kappa shape index (κ1) is 19.4. The van der Waals surface area contributed by atoms with Gasteiger partial charge in [-0.05, 0) is 47.9 Å². The Morgan fingerprint density at radius 2 is 1.86 bits per heavy atom. The average Bonchev–Trinajstić information content (AvgIpc) is 2.75. The van der Waals surface area contributed by atoms with Crippen LogP contribution in [0, 0.1) is 0 Å². The molecule has 1 aromatic heterocycles. The fourth-order valence-corrected chi connectivity index (χ4v) is 3.99. The van der Waals surface area contributed by atoms with Crippen molar-refractivity contribution in [1.82, 2.24) is 15.2 Å². The van der Waals surface area contributed by atoms with Crippen LogP contribution in [-0.4, -0.2) is 35.4 Å². The summed E-state index contributed by atoms with van der Waals surface area (Å²) in [5, 5.41) is 3.98. The molecule has 0 radical (unpaired) electrons. The molecule has 0 saturated carbocycles. The van der Waals surface area contributed by atoms with Crippen LogP contribution in [-0.2, 0) is 24.2 Å². The Balaban J connectivity index is 1.19. The fraction of sp³-hybridized carbons (Fsp3) is 0.333. The van der Waals surface area contributed by atoms with Gasteiger partial charge in [-0.25, -0.2) is 0 Å². The minimum absolute atomic E-state index is 0.00143. The number of hydrogen-bond donors (Lipinski definition) is 2. The first-order valence-corrected chi connectivity index (χ1v) is 10.4. The lowest BCUT2D eigenvalue weighted by Crippen LogP contribution is -2.33. The third kappa shape index (κ3) is 4.93. The minimum Gasteiger partial charge on any atom is -0.356 e. The van der Waals surface area contributed by atoms with Gasteiger partial charge in [0.15, 0.2) is 0 Å². The van der Waals surface area contributed by atoms with Crippen molar-refractivity contribution in [3.8, 4) is 0 Å². The molecule has 1 aliphatic rings. The number of amides is 1. The average molecular weight is 389 g/mol. The summed E-state index contributed by atoms with van der Waals surface area (Å²) >= 11 is 0.